The van der Waals surface area contributed by atoms with Crippen LogP contribution in [0.15, 0.2) is 48.5 Å². The van der Waals surface area contributed by atoms with E-state index in [4.69, 9.17) is 14.2 Å². The number of fused-ring (bicyclic) bond motifs is 3. The molecule has 0 heterocycles. The number of aliphatic carboxylic acids is 1. The first-order valence-electron chi connectivity index (χ1n) is 12.5. The van der Waals surface area contributed by atoms with E-state index in [0.717, 1.165) is 22.3 Å². The molecule has 9 heteroatoms. The lowest BCUT2D eigenvalue weighted by Crippen LogP contribution is -2.46. The standard InChI is InChI=1S/C29H35NO8/c1-28(2,3)37-25(33)21(26(34)38-29(4,5)6)15-23(24(31)32)30-27(35)36-16-22-19-13-9-7-11-17(19)18-12-8-10-14-20(18)22/h7-14,21-23H,15-16H2,1-6H3,(H,30,35)(H,31,32)/t23-/m0/s1. The Morgan fingerprint density at radius 2 is 1.26 bits per heavy atom. The number of carbonyl (C=O) groups is 4. The first-order valence-corrected chi connectivity index (χ1v) is 12.5. The number of nitrogens with one attached hydrogen (secondary N) is 1. The summed E-state index contributed by atoms with van der Waals surface area (Å²) in [6.45, 7) is 9.73. The van der Waals surface area contributed by atoms with E-state index in [-0.39, 0.29) is 12.5 Å². The SMILES string of the molecule is CC(C)(C)OC(=O)C(C[C@H](NC(=O)OCC1c2ccccc2-c2ccccc21)C(=O)O)C(=O)OC(C)(C)C. The van der Waals surface area contributed by atoms with Crippen molar-refractivity contribution in [2.45, 2.75) is 71.1 Å². The molecule has 3 rings (SSSR count). The normalized spacial score (nSPS) is 13.8. The van der Waals surface area contributed by atoms with Crippen LogP contribution in [-0.2, 0) is 28.6 Å². The molecule has 1 amide bonds. The molecule has 0 radical (unpaired) electrons. The van der Waals surface area contributed by atoms with Crippen LogP contribution in [0.25, 0.3) is 11.1 Å². The molecule has 1 atom stereocenters. The van der Waals surface area contributed by atoms with Crippen molar-refractivity contribution in [1.29, 1.82) is 0 Å². The fourth-order valence-corrected chi connectivity index (χ4v) is 4.27. The van der Waals surface area contributed by atoms with Crippen molar-refractivity contribution in [1.82, 2.24) is 5.32 Å². The molecule has 2 aromatic rings. The van der Waals surface area contributed by atoms with Crippen LogP contribution in [0.3, 0.4) is 0 Å². The maximum atomic E-state index is 12.8. The zero-order valence-corrected chi connectivity index (χ0v) is 22.6. The molecule has 0 aliphatic heterocycles. The Morgan fingerprint density at radius 3 is 1.68 bits per heavy atom. The molecule has 0 aromatic heterocycles. The zero-order chi connectivity index (χ0) is 28.3. The number of esters is 2. The van der Waals surface area contributed by atoms with Crippen LogP contribution >= 0.6 is 0 Å². The van der Waals surface area contributed by atoms with Gasteiger partial charge in [0.2, 0.25) is 0 Å². The van der Waals surface area contributed by atoms with Crippen LogP contribution in [0.4, 0.5) is 4.79 Å². The second kappa shape index (κ2) is 11.2. The van der Waals surface area contributed by atoms with E-state index in [1.807, 2.05) is 48.5 Å². The molecular weight excluding hydrogens is 490 g/mol. The van der Waals surface area contributed by atoms with Crippen molar-refractivity contribution < 1.29 is 38.5 Å². The number of carboxylic acid groups (broad SMARTS) is 1. The lowest BCUT2D eigenvalue weighted by atomic mass is 9.98. The number of amides is 1. The highest BCUT2D eigenvalue weighted by Crippen LogP contribution is 2.44. The van der Waals surface area contributed by atoms with E-state index in [0.29, 0.717) is 0 Å². The molecule has 0 saturated carbocycles. The molecular formula is C29H35NO8. The minimum absolute atomic E-state index is 0.0201. The van der Waals surface area contributed by atoms with E-state index < -0.39 is 53.6 Å². The molecule has 1 aliphatic carbocycles. The zero-order valence-electron chi connectivity index (χ0n) is 22.6. The molecule has 2 N–H and O–H groups in total. The summed E-state index contributed by atoms with van der Waals surface area (Å²) in [6, 6.07) is 14.0. The number of ether oxygens (including phenoxy) is 3. The predicted molar refractivity (Wildman–Crippen MR) is 139 cm³/mol. The van der Waals surface area contributed by atoms with E-state index in [9.17, 15) is 24.3 Å². The van der Waals surface area contributed by atoms with E-state index >= 15 is 0 Å². The van der Waals surface area contributed by atoms with Crippen LogP contribution in [0.1, 0.15) is 65.0 Å². The second-order valence-corrected chi connectivity index (χ2v) is 11.2. The molecule has 0 saturated heterocycles. The summed E-state index contributed by atoms with van der Waals surface area (Å²) in [4.78, 5) is 50.3. The van der Waals surface area contributed by atoms with Gasteiger partial charge < -0.3 is 24.6 Å². The summed E-state index contributed by atoms with van der Waals surface area (Å²) in [5.41, 5.74) is 2.28. The first-order chi connectivity index (χ1) is 17.7. The quantitative estimate of drug-likeness (QED) is 0.289. The lowest BCUT2D eigenvalue weighted by Gasteiger charge is -2.27. The second-order valence-electron chi connectivity index (χ2n) is 11.2. The van der Waals surface area contributed by atoms with Crippen molar-refractivity contribution in [2.24, 2.45) is 5.92 Å². The van der Waals surface area contributed by atoms with Crippen LogP contribution in [0.2, 0.25) is 0 Å². The van der Waals surface area contributed by atoms with Crippen molar-refractivity contribution in [3.8, 4) is 11.1 Å². The van der Waals surface area contributed by atoms with Crippen LogP contribution in [-0.4, -0.2) is 53.0 Å². The summed E-state index contributed by atoms with van der Waals surface area (Å²) in [5.74, 6) is -5.09. The van der Waals surface area contributed by atoms with Gasteiger partial charge in [-0.15, -0.1) is 0 Å². The summed E-state index contributed by atoms with van der Waals surface area (Å²) in [5, 5.41) is 12.0. The number of alkyl carbamates (subject to hydrolysis) is 1. The Balaban J connectivity index is 1.72. The van der Waals surface area contributed by atoms with E-state index in [1.54, 1.807) is 41.5 Å². The van der Waals surface area contributed by atoms with E-state index in [1.165, 1.54) is 0 Å². The first kappa shape index (κ1) is 28.7. The Kier molecular flexibility index (Phi) is 8.49. The van der Waals surface area contributed by atoms with Gasteiger partial charge in [0.15, 0.2) is 5.92 Å². The number of carboxylic acids is 1. The number of rotatable bonds is 8. The Labute approximate surface area is 222 Å². The monoisotopic (exact) mass is 525 g/mol. The van der Waals surface area contributed by atoms with Gasteiger partial charge in [0.25, 0.3) is 0 Å². The molecule has 0 spiro atoms. The van der Waals surface area contributed by atoms with Gasteiger partial charge in [0, 0.05) is 12.3 Å². The molecule has 0 unspecified atom stereocenters. The Bertz CT molecular complexity index is 1130. The largest absolute Gasteiger partial charge is 0.480 e. The molecule has 0 fully saturated rings. The fourth-order valence-electron chi connectivity index (χ4n) is 4.27. The highest BCUT2D eigenvalue weighted by atomic mass is 16.6. The molecule has 2 aromatic carbocycles. The minimum atomic E-state index is -1.60. The summed E-state index contributed by atoms with van der Waals surface area (Å²) in [7, 11) is 0. The van der Waals surface area contributed by atoms with Gasteiger partial charge in [-0.1, -0.05) is 48.5 Å². The number of carbonyl (C=O) groups excluding carboxylic acids is 3. The van der Waals surface area contributed by atoms with Crippen LogP contribution < -0.4 is 5.32 Å². The van der Waals surface area contributed by atoms with Crippen LogP contribution in [0.5, 0.6) is 0 Å². The van der Waals surface area contributed by atoms with Gasteiger partial charge in [-0.3, -0.25) is 9.59 Å². The van der Waals surface area contributed by atoms with Gasteiger partial charge in [0.05, 0.1) is 0 Å². The lowest BCUT2D eigenvalue weighted by molar-refractivity contribution is -0.175. The van der Waals surface area contributed by atoms with Crippen molar-refractivity contribution in [3.63, 3.8) is 0 Å². The average Bonchev–Trinajstić information content (AvgIpc) is 3.11. The van der Waals surface area contributed by atoms with Crippen molar-refractivity contribution in [2.75, 3.05) is 6.61 Å². The van der Waals surface area contributed by atoms with Crippen molar-refractivity contribution in [3.05, 3.63) is 59.7 Å². The maximum Gasteiger partial charge on any atom is 0.407 e. The Hall–Kier alpha value is -3.88. The Morgan fingerprint density at radius 1 is 0.816 bits per heavy atom. The molecule has 9 nitrogen and oxygen atoms in total. The summed E-state index contributed by atoms with van der Waals surface area (Å²) >= 11 is 0. The van der Waals surface area contributed by atoms with Gasteiger partial charge in [-0.25, -0.2) is 9.59 Å². The minimum Gasteiger partial charge on any atom is -0.480 e. The molecule has 204 valence electrons. The van der Waals surface area contributed by atoms with Gasteiger partial charge in [0.1, 0.15) is 23.9 Å². The van der Waals surface area contributed by atoms with Crippen LogP contribution in [0, 0.1) is 5.92 Å². The highest BCUT2D eigenvalue weighted by molar-refractivity contribution is 5.96. The highest BCUT2D eigenvalue weighted by Gasteiger charge is 2.39. The van der Waals surface area contributed by atoms with Crippen molar-refractivity contribution >= 4 is 24.0 Å². The van der Waals surface area contributed by atoms with Gasteiger partial charge >= 0.3 is 24.0 Å². The third-order valence-electron chi connectivity index (χ3n) is 5.79. The number of benzene rings is 2. The summed E-state index contributed by atoms with van der Waals surface area (Å²) in [6.07, 6.45) is -1.55. The number of hydrogen-bond donors (Lipinski definition) is 2. The predicted octanol–water partition coefficient (Wildman–Crippen LogP) is 4.67. The van der Waals surface area contributed by atoms with Gasteiger partial charge in [-0.05, 0) is 63.8 Å². The third kappa shape index (κ3) is 7.34. The molecule has 0 bridgehead atoms. The maximum absolute atomic E-state index is 12.8. The van der Waals surface area contributed by atoms with E-state index in [2.05, 4.69) is 5.32 Å². The van der Waals surface area contributed by atoms with Gasteiger partial charge in [-0.2, -0.15) is 0 Å². The topological polar surface area (TPSA) is 128 Å². The fraction of sp³-hybridized carbons (Fsp3) is 0.448. The molecule has 1 aliphatic rings. The molecule has 38 heavy (non-hydrogen) atoms. The smallest absolute Gasteiger partial charge is 0.407 e. The third-order valence-corrected chi connectivity index (χ3v) is 5.79. The number of hydrogen-bond acceptors (Lipinski definition) is 7. The summed E-state index contributed by atoms with van der Waals surface area (Å²) < 4.78 is 16.1. The average molecular weight is 526 g/mol.